The molecule has 2 rings (SSSR count). The molecule has 0 atom stereocenters. The predicted molar refractivity (Wildman–Crippen MR) is 71.7 cm³/mol. The molecule has 1 amide bonds. The van der Waals surface area contributed by atoms with Gasteiger partial charge in [0.25, 0.3) is 5.91 Å². The lowest BCUT2D eigenvalue weighted by atomic mass is 10.1. The molecule has 3 nitrogen and oxygen atoms in total. The summed E-state index contributed by atoms with van der Waals surface area (Å²) >= 11 is 5.80. The zero-order chi connectivity index (χ0) is 12.8. The van der Waals surface area contributed by atoms with Crippen LogP contribution < -0.4 is 5.32 Å². The molecule has 0 aliphatic rings. The van der Waals surface area contributed by atoms with Gasteiger partial charge in [-0.1, -0.05) is 23.7 Å². The molecule has 1 N–H and O–H groups in total. The van der Waals surface area contributed by atoms with Crippen molar-refractivity contribution in [3.63, 3.8) is 0 Å². The van der Waals surface area contributed by atoms with Gasteiger partial charge in [-0.25, -0.2) is 0 Å². The minimum Gasteiger partial charge on any atom is -0.352 e. The van der Waals surface area contributed by atoms with Crippen LogP contribution in [0.4, 0.5) is 0 Å². The first-order chi connectivity index (χ1) is 8.75. The van der Waals surface area contributed by atoms with Gasteiger partial charge in [0.05, 0.1) is 0 Å². The van der Waals surface area contributed by atoms with Crippen molar-refractivity contribution in [3.8, 4) is 0 Å². The standard InChI is InChI=1S/C14H13ClN2O/c15-13-3-1-11(2-4-13)5-10-17-14(18)12-6-8-16-9-7-12/h1-4,6-9H,5,10H2,(H,17,18). The zero-order valence-corrected chi connectivity index (χ0v) is 10.5. The summed E-state index contributed by atoms with van der Waals surface area (Å²) in [5.41, 5.74) is 1.77. The quantitative estimate of drug-likeness (QED) is 0.918. The monoisotopic (exact) mass is 260 g/mol. The molecular weight excluding hydrogens is 248 g/mol. The van der Waals surface area contributed by atoms with Crippen LogP contribution in [0.1, 0.15) is 15.9 Å². The second-order valence-corrected chi connectivity index (χ2v) is 4.30. The van der Waals surface area contributed by atoms with Crippen LogP contribution in [0.5, 0.6) is 0 Å². The summed E-state index contributed by atoms with van der Waals surface area (Å²) in [7, 11) is 0. The summed E-state index contributed by atoms with van der Waals surface area (Å²) < 4.78 is 0. The highest BCUT2D eigenvalue weighted by Crippen LogP contribution is 2.09. The van der Waals surface area contributed by atoms with E-state index in [0.29, 0.717) is 12.1 Å². The van der Waals surface area contributed by atoms with Crippen LogP contribution in [0.25, 0.3) is 0 Å². The Bertz CT molecular complexity index is 511. The summed E-state index contributed by atoms with van der Waals surface area (Å²) in [6.45, 7) is 0.600. The van der Waals surface area contributed by atoms with Gasteiger partial charge in [0.2, 0.25) is 0 Å². The third kappa shape index (κ3) is 3.57. The smallest absolute Gasteiger partial charge is 0.251 e. The molecular formula is C14H13ClN2O. The van der Waals surface area contributed by atoms with Crippen molar-refractivity contribution in [1.29, 1.82) is 0 Å². The average molecular weight is 261 g/mol. The highest BCUT2D eigenvalue weighted by atomic mass is 35.5. The van der Waals surface area contributed by atoms with E-state index in [0.717, 1.165) is 17.0 Å². The number of carbonyl (C=O) groups excluding carboxylic acids is 1. The van der Waals surface area contributed by atoms with Gasteiger partial charge in [0, 0.05) is 29.5 Å². The van der Waals surface area contributed by atoms with E-state index in [1.807, 2.05) is 24.3 Å². The van der Waals surface area contributed by atoms with Crippen molar-refractivity contribution in [3.05, 3.63) is 64.9 Å². The minimum absolute atomic E-state index is 0.0774. The highest BCUT2D eigenvalue weighted by molar-refractivity contribution is 6.30. The predicted octanol–water partition coefficient (Wildman–Crippen LogP) is 2.71. The topological polar surface area (TPSA) is 42.0 Å². The Labute approximate surface area is 111 Å². The van der Waals surface area contributed by atoms with Gasteiger partial charge in [0.15, 0.2) is 0 Å². The van der Waals surface area contributed by atoms with E-state index in [4.69, 9.17) is 11.6 Å². The second-order valence-electron chi connectivity index (χ2n) is 3.87. The van der Waals surface area contributed by atoms with Crippen LogP contribution in [0.2, 0.25) is 5.02 Å². The molecule has 4 heteroatoms. The van der Waals surface area contributed by atoms with Crippen LogP contribution in [-0.2, 0) is 6.42 Å². The fourth-order valence-corrected chi connectivity index (χ4v) is 1.70. The molecule has 1 aromatic heterocycles. The number of aromatic nitrogens is 1. The molecule has 0 fully saturated rings. The van der Waals surface area contributed by atoms with Crippen LogP contribution in [0.15, 0.2) is 48.8 Å². The van der Waals surface area contributed by atoms with E-state index >= 15 is 0 Å². The SMILES string of the molecule is O=C(NCCc1ccc(Cl)cc1)c1ccncc1. The third-order valence-electron chi connectivity index (χ3n) is 2.55. The van der Waals surface area contributed by atoms with E-state index < -0.39 is 0 Å². The molecule has 0 unspecified atom stereocenters. The van der Waals surface area contributed by atoms with Crippen molar-refractivity contribution < 1.29 is 4.79 Å². The van der Waals surface area contributed by atoms with Gasteiger partial charge in [0.1, 0.15) is 0 Å². The molecule has 0 spiro atoms. The summed E-state index contributed by atoms with van der Waals surface area (Å²) in [4.78, 5) is 15.6. The van der Waals surface area contributed by atoms with Crippen LogP contribution >= 0.6 is 11.6 Å². The lowest BCUT2D eigenvalue weighted by molar-refractivity contribution is 0.0954. The molecule has 0 saturated carbocycles. The van der Waals surface area contributed by atoms with Crippen molar-refractivity contribution >= 4 is 17.5 Å². The molecule has 0 bridgehead atoms. The molecule has 1 heterocycles. The number of halogens is 1. The van der Waals surface area contributed by atoms with Gasteiger partial charge in [-0.2, -0.15) is 0 Å². The second kappa shape index (κ2) is 6.17. The largest absolute Gasteiger partial charge is 0.352 e. The van der Waals surface area contributed by atoms with Gasteiger partial charge < -0.3 is 5.32 Å². The maximum atomic E-state index is 11.7. The van der Waals surface area contributed by atoms with E-state index in [2.05, 4.69) is 10.3 Å². The van der Waals surface area contributed by atoms with Crippen LogP contribution in [0, 0.1) is 0 Å². The van der Waals surface area contributed by atoms with E-state index in [1.54, 1.807) is 24.5 Å². The first-order valence-corrected chi connectivity index (χ1v) is 6.06. The summed E-state index contributed by atoms with van der Waals surface area (Å²) in [5.74, 6) is -0.0774. The van der Waals surface area contributed by atoms with E-state index in [-0.39, 0.29) is 5.91 Å². The lowest BCUT2D eigenvalue weighted by Gasteiger charge is -2.05. The number of hydrogen-bond acceptors (Lipinski definition) is 2. The van der Waals surface area contributed by atoms with Gasteiger partial charge >= 0.3 is 0 Å². The number of hydrogen-bond donors (Lipinski definition) is 1. The fraction of sp³-hybridized carbons (Fsp3) is 0.143. The molecule has 2 aromatic rings. The Morgan fingerprint density at radius 1 is 1.11 bits per heavy atom. The van der Waals surface area contributed by atoms with Crippen LogP contribution in [-0.4, -0.2) is 17.4 Å². The minimum atomic E-state index is -0.0774. The maximum absolute atomic E-state index is 11.7. The molecule has 92 valence electrons. The maximum Gasteiger partial charge on any atom is 0.251 e. The number of benzene rings is 1. The molecule has 0 radical (unpaired) electrons. The Hall–Kier alpha value is -1.87. The molecule has 0 aliphatic heterocycles. The van der Waals surface area contributed by atoms with Crippen molar-refractivity contribution in [2.75, 3.05) is 6.54 Å². The number of amides is 1. The van der Waals surface area contributed by atoms with Gasteiger partial charge in [-0.15, -0.1) is 0 Å². The molecule has 18 heavy (non-hydrogen) atoms. The fourth-order valence-electron chi connectivity index (χ4n) is 1.58. The number of rotatable bonds is 4. The first-order valence-electron chi connectivity index (χ1n) is 5.68. The molecule has 0 aliphatic carbocycles. The molecule has 1 aromatic carbocycles. The summed E-state index contributed by atoms with van der Waals surface area (Å²) in [5, 5.41) is 3.58. The van der Waals surface area contributed by atoms with Crippen molar-refractivity contribution in [2.24, 2.45) is 0 Å². The Morgan fingerprint density at radius 2 is 1.78 bits per heavy atom. The Morgan fingerprint density at radius 3 is 2.44 bits per heavy atom. The highest BCUT2D eigenvalue weighted by Gasteiger charge is 2.03. The number of nitrogens with one attached hydrogen (secondary N) is 1. The number of nitrogens with zero attached hydrogens (tertiary/aromatic N) is 1. The van der Waals surface area contributed by atoms with Crippen LogP contribution in [0.3, 0.4) is 0 Å². The summed E-state index contributed by atoms with van der Waals surface area (Å²) in [6, 6.07) is 11.0. The van der Waals surface area contributed by atoms with E-state index in [9.17, 15) is 4.79 Å². The third-order valence-corrected chi connectivity index (χ3v) is 2.81. The number of pyridine rings is 1. The first kappa shape index (κ1) is 12.6. The molecule has 0 saturated heterocycles. The normalized spacial score (nSPS) is 10.1. The van der Waals surface area contributed by atoms with Crippen molar-refractivity contribution in [1.82, 2.24) is 10.3 Å². The summed E-state index contributed by atoms with van der Waals surface area (Å²) in [6.07, 6.45) is 4.00. The Kier molecular flexibility index (Phi) is 4.31. The lowest BCUT2D eigenvalue weighted by Crippen LogP contribution is -2.25. The van der Waals surface area contributed by atoms with Crippen molar-refractivity contribution in [2.45, 2.75) is 6.42 Å². The Balaban J connectivity index is 1.82. The number of carbonyl (C=O) groups is 1. The van der Waals surface area contributed by atoms with Gasteiger partial charge in [-0.05, 0) is 36.2 Å². The zero-order valence-electron chi connectivity index (χ0n) is 9.77. The van der Waals surface area contributed by atoms with E-state index in [1.165, 1.54) is 0 Å². The average Bonchev–Trinajstić information content (AvgIpc) is 2.42. The van der Waals surface area contributed by atoms with Gasteiger partial charge in [-0.3, -0.25) is 9.78 Å².